The van der Waals surface area contributed by atoms with E-state index in [9.17, 15) is 26.0 Å². The van der Waals surface area contributed by atoms with E-state index in [2.05, 4.69) is 5.32 Å². The van der Waals surface area contributed by atoms with Crippen molar-refractivity contribution in [1.29, 1.82) is 0 Å². The number of para-hydroxylation sites is 1. The lowest BCUT2D eigenvalue weighted by molar-refractivity contribution is 0.102. The van der Waals surface area contributed by atoms with Crippen LogP contribution in [0.5, 0.6) is 0 Å². The molecule has 1 atom stereocenters. The molecule has 0 aliphatic carbocycles. The van der Waals surface area contributed by atoms with Gasteiger partial charge in [-0.3, -0.25) is 4.79 Å². The van der Waals surface area contributed by atoms with E-state index in [1.54, 1.807) is 12.1 Å². The lowest BCUT2D eigenvalue weighted by Gasteiger charge is -2.23. The van der Waals surface area contributed by atoms with Crippen molar-refractivity contribution in [2.24, 2.45) is 0 Å². The zero-order chi connectivity index (χ0) is 22.3. The minimum Gasteiger partial charge on any atom is -0.322 e. The Kier molecular flexibility index (Phi) is 5.81. The Hall–Kier alpha value is -2.26. The number of carbonyl (C=O) groups is 1. The van der Waals surface area contributed by atoms with Gasteiger partial charge in [-0.25, -0.2) is 21.2 Å². The second-order valence-electron chi connectivity index (χ2n) is 8.46. The summed E-state index contributed by atoms with van der Waals surface area (Å²) in [6, 6.07) is 10.1. The fraction of sp³-hybridized carbons (Fsp3) is 0.381. The highest BCUT2D eigenvalue weighted by Gasteiger charge is 2.38. The van der Waals surface area contributed by atoms with Crippen LogP contribution in [0.3, 0.4) is 0 Å². The Balaban J connectivity index is 1.94. The highest BCUT2D eigenvalue weighted by molar-refractivity contribution is 7.96. The van der Waals surface area contributed by atoms with Crippen LogP contribution >= 0.6 is 0 Å². The molecule has 0 saturated carbocycles. The van der Waals surface area contributed by atoms with Crippen molar-refractivity contribution in [1.82, 2.24) is 0 Å². The first-order valence-corrected chi connectivity index (χ1v) is 12.8. The molecule has 1 heterocycles. The number of anilines is 1. The van der Waals surface area contributed by atoms with Gasteiger partial charge >= 0.3 is 0 Å². The number of nitrogens with one attached hydrogen (secondary N) is 1. The number of carbonyl (C=O) groups excluding carboxylic acids is 1. The van der Waals surface area contributed by atoms with Crippen LogP contribution in [0.2, 0.25) is 0 Å². The second-order valence-corrected chi connectivity index (χ2v) is 12.9. The molecular weight excluding hydrogens is 429 g/mol. The average molecular weight is 454 g/mol. The molecule has 30 heavy (non-hydrogen) atoms. The predicted molar refractivity (Wildman–Crippen MR) is 114 cm³/mol. The van der Waals surface area contributed by atoms with Gasteiger partial charge in [0, 0.05) is 5.69 Å². The van der Waals surface area contributed by atoms with Gasteiger partial charge in [0.05, 0.1) is 27.2 Å². The van der Waals surface area contributed by atoms with Crippen molar-refractivity contribution in [2.45, 2.75) is 42.8 Å². The van der Waals surface area contributed by atoms with Gasteiger partial charge < -0.3 is 5.32 Å². The molecule has 0 spiro atoms. The molecule has 0 bridgehead atoms. The Bertz CT molecular complexity index is 1200. The summed E-state index contributed by atoms with van der Waals surface area (Å²) in [6.07, 6.45) is -0.0114. The minimum absolute atomic E-state index is 0.0114. The fourth-order valence-electron chi connectivity index (χ4n) is 3.49. The van der Waals surface area contributed by atoms with Crippen molar-refractivity contribution >= 4 is 31.3 Å². The molecule has 1 fully saturated rings. The van der Waals surface area contributed by atoms with Crippen LogP contribution in [0.15, 0.2) is 47.4 Å². The topological polar surface area (TPSA) is 97.4 Å². The Labute approximate surface area is 176 Å². The number of amides is 1. The molecule has 1 saturated heterocycles. The molecule has 2 aromatic carbocycles. The highest BCUT2D eigenvalue weighted by Crippen LogP contribution is 2.30. The van der Waals surface area contributed by atoms with Gasteiger partial charge in [-0.05, 0) is 41.7 Å². The van der Waals surface area contributed by atoms with Crippen LogP contribution in [-0.2, 0) is 25.1 Å². The Morgan fingerprint density at radius 3 is 2.40 bits per heavy atom. The van der Waals surface area contributed by atoms with Gasteiger partial charge in [-0.1, -0.05) is 39.0 Å². The van der Waals surface area contributed by atoms with E-state index in [-0.39, 0.29) is 22.5 Å². The van der Waals surface area contributed by atoms with Gasteiger partial charge in [-0.15, -0.1) is 0 Å². The van der Waals surface area contributed by atoms with Gasteiger partial charge in [-0.2, -0.15) is 0 Å². The van der Waals surface area contributed by atoms with E-state index in [0.29, 0.717) is 5.69 Å². The summed E-state index contributed by atoms with van der Waals surface area (Å²) in [5.74, 6) is -2.30. The largest absolute Gasteiger partial charge is 0.322 e. The second kappa shape index (κ2) is 7.77. The molecule has 3 rings (SSSR count). The van der Waals surface area contributed by atoms with E-state index in [4.69, 9.17) is 0 Å². The molecule has 6 nitrogen and oxygen atoms in total. The normalized spacial score (nSPS) is 18.9. The SMILES string of the molecule is CC(C)(C)c1ccccc1NC(=O)c1cc(S(=O)(=O)[C@@H]2CCS(=O)(=O)C2)ccc1F. The highest BCUT2D eigenvalue weighted by atomic mass is 32.2. The van der Waals surface area contributed by atoms with E-state index >= 15 is 0 Å². The van der Waals surface area contributed by atoms with Crippen molar-refractivity contribution in [3.05, 3.63) is 59.4 Å². The number of benzene rings is 2. The maximum absolute atomic E-state index is 14.4. The fourth-order valence-corrected chi connectivity index (χ4v) is 7.87. The van der Waals surface area contributed by atoms with Crippen LogP contribution < -0.4 is 5.32 Å². The molecule has 1 aliphatic rings. The van der Waals surface area contributed by atoms with Crippen LogP contribution in [-0.4, -0.2) is 39.5 Å². The van der Waals surface area contributed by atoms with Crippen LogP contribution in [0.1, 0.15) is 43.1 Å². The molecule has 2 aromatic rings. The van der Waals surface area contributed by atoms with Crippen LogP contribution in [0, 0.1) is 5.82 Å². The molecule has 0 aromatic heterocycles. The molecule has 1 aliphatic heterocycles. The van der Waals surface area contributed by atoms with Crippen molar-refractivity contribution in [2.75, 3.05) is 16.8 Å². The van der Waals surface area contributed by atoms with Gasteiger partial charge in [0.15, 0.2) is 19.7 Å². The zero-order valence-electron chi connectivity index (χ0n) is 17.0. The summed E-state index contributed by atoms with van der Waals surface area (Å²) in [6.45, 7) is 5.92. The first kappa shape index (κ1) is 22.4. The summed E-state index contributed by atoms with van der Waals surface area (Å²) in [5, 5.41) is 1.57. The molecule has 162 valence electrons. The summed E-state index contributed by atoms with van der Waals surface area (Å²) < 4.78 is 63.4. The molecule has 9 heteroatoms. The van der Waals surface area contributed by atoms with Crippen molar-refractivity contribution in [3.8, 4) is 0 Å². The standard InChI is InChI=1S/C21H24FNO5S2/c1-21(2,3)17-6-4-5-7-19(17)23-20(24)16-12-14(8-9-18(16)22)30(27,28)15-10-11-29(25,26)13-15/h4-9,12,15H,10-11,13H2,1-3H3,(H,23,24)/t15-/m1/s1. The first-order chi connectivity index (χ1) is 13.8. The predicted octanol–water partition coefficient (Wildman–Crippen LogP) is 3.34. The summed E-state index contributed by atoms with van der Waals surface area (Å²) in [5.41, 5.74) is 0.658. The van der Waals surface area contributed by atoms with E-state index in [1.807, 2.05) is 32.9 Å². The monoisotopic (exact) mass is 453 g/mol. The summed E-state index contributed by atoms with van der Waals surface area (Å²) in [4.78, 5) is 12.5. The third-order valence-electron chi connectivity index (χ3n) is 5.12. The van der Waals surface area contributed by atoms with Gasteiger partial charge in [0.25, 0.3) is 5.91 Å². The number of hydrogen-bond acceptors (Lipinski definition) is 5. The zero-order valence-corrected chi connectivity index (χ0v) is 18.6. The smallest absolute Gasteiger partial charge is 0.258 e. The molecular formula is C21H24FNO5S2. The maximum atomic E-state index is 14.4. The lowest BCUT2D eigenvalue weighted by Crippen LogP contribution is -2.24. The third kappa shape index (κ3) is 4.57. The van der Waals surface area contributed by atoms with Crippen LogP contribution in [0.4, 0.5) is 10.1 Å². The maximum Gasteiger partial charge on any atom is 0.258 e. The number of rotatable bonds is 4. The molecule has 0 unspecified atom stereocenters. The summed E-state index contributed by atoms with van der Waals surface area (Å²) in [7, 11) is -7.43. The van der Waals surface area contributed by atoms with Crippen molar-refractivity contribution in [3.63, 3.8) is 0 Å². The Morgan fingerprint density at radius 2 is 1.80 bits per heavy atom. The number of hydrogen-bond donors (Lipinski definition) is 1. The lowest BCUT2D eigenvalue weighted by atomic mass is 9.86. The quantitative estimate of drug-likeness (QED) is 0.716. The number of halogens is 1. The average Bonchev–Trinajstić information content (AvgIpc) is 3.02. The third-order valence-corrected chi connectivity index (χ3v) is 9.29. The summed E-state index contributed by atoms with van der Waals surface area (Å²) >= 11 is 0. The Morgan fingerprint density at radius 1 is 1.13 bits per heavy atom. The van der Waals surface area contributed by atoms with Crippen molar-refractivity contribution < 1.29 is 26.0 Å². The molecule has 1 N–H and O–H groups in total. The van der Waals surface area contributed by atoms with E-state index in [0.717, 1.165) is 23.8 Å². The van der Waals surface area contributed by atoms with E-state index in [1.165, 1.54) is 0 Å². The van der Waals surface area contributed by atoms with E-state index < -0.39 is 48.0 Å². The van der Waals surface area contributed by atoms with Crippen LogP contribution in [0.25, 0.3) is 0 Å². The first-order valence-electron chi connectivity index (χ1n) is 9.46. The molecule has 0 radical (unpaired) electrons. The molecule has 1 amide bonds. The van der Waals surface area contributed by atoms with Gasteiger partial charge in [0.2, 0.25) is 0 Å². The minimum atomic E-state index is -4.01. The number of sulfone groups is 2. The van der Waals surface area contributed by atoms with Gasteiger partial charge in [0.1, 0.15) is 5.82 Å².